The number of benzene rings is 3. The van der Waals surface area contributed by atoms with Crippen LogP contribution >= 0.6 is 34.8 Å². The summed E-state index contributed by atoms with van der Waals surface area (Å²) in [6.45, 7) is 0.901. The molecule has 0 saturated carbocycles. The SMILES string of the molecule is Fc1ccc(COc2ccc(CNc3cc(Cl)cc(Cl)c3)cc2)c(Cl)c1. The lowest BCUT2D eigenvalue weighted by molar-refractivity contribution is 0.306. The zero-order valence-corrected chi connectivity index (χ0v) is 15.9. The van der Waals surface area contributed by atoms with Crippen molar-refractivity contribution < 1.29 is 9.13 Å². The van der Waals surface area contributed by atoms with Gasteiger partial charge in [0.1, 0.15) is 18.2 Å². The fraction of sp³-hybridized carbons (Fsp3) is 0.100. The monoisotopic (exact) mass is 409 g/mol. The standard InChI is InChI=1S/C20H15Cl3FNO/c21-15-7-16(22)9-18(8-15)25-11-13-1-5-19(6-2-13)26-12-14-3-4-17(24)10-20(14)23/h1-10,25H,11-12H2. The second-order valence-electron chi connectivity index (χ2n) is 5.68. The van der Waals surface area contributed by atoms with Crippen molar-refractivity contribution in [3.63, 3.8) is 0 Å². The maximum atomic E-state index is 13.0. The molecule has 3 aromatic carbocycles. The summed E-state index contributed by atoms with van der Waals surface area (Å²) in [5, 5.41) is 4.80. The number of rotatable bonds is 6. The molecule has 0 bridgehead atoms. The number of ether oxygens (including phenoxy) is 1. The molecule has 0 aliphatic rings. The number of hydrogen-bond donors (Lipinski definition) is 1. The van der Waals surface area contributed by atoms with E-state index in [1.54, 1.807) is 12.1 Å². The maximum absolute atomic E-state index is 13.0. The molecule has 0 aliphatic carbocycles. The van der Waals surface area contributed by atoms with Crippen LogP contribution in [0.2, 0.25) is 15.1 Å². The Hall–Kier alpha value is -1.94. The summed E-state index contributed by atoms with van der Waals surface area (Å²) in [5.74, 6) is 0.344. The minimum Gasteiger partial charge on any atom is -0.489 e. The van der Waals surface area contributed by atoms with Crippen LogP contribution in [-0.4, -0.2) is 0 Å². The van der Waals surface area contributed by atoms with Crippen molar-refractivity contribution in [1.82, 2.24) is 0 Å². The number of hydrogen-bond acceptors (Lipinski definition) is 2. The molecule has 6 heteroatoms. The van der Waals surface area contributed by atoms with Gasteiger partial charge in [0.2, 0.25) is 0 Å². The van der Waals surface area contributed by atoms with E-state index < -0.39 is 0 Å². The first kappa shape index (κ1) is 18.8. The second-order valence-corrected chi connectivity index (χ2v) is 6.96. The van der Waals surface area contributed by atoms with Gasteiger partial charge in [-0.2, -0.15) is 0 Å². The van der Waals surface area contributed by atoms with E-state index in [0.717, 1.165) is 16.8 Å². The lowest BCUT2D eigenvalue weighted by Gasteiger charge is -2.10. The Morgan fingerprint density at radius 1 is 0.846 bits per heavy atom. The molecule has 0 fully saturated rings. The summed E-state index contributed by atoms with van der Waals surface area (Å²) < 4.78 is 18.7. The Balaban J connectivity index is 1.56. The van der Waals surface area contributed by atoms with Crippen molar-refractivity contribution in [2.75, 3.05) is 5.32 Å². The molecular formula is C20H15Cl3FNO. The average Bonchev–Trinajstić information content (AvgIpc) is 2.59. The van der Waals surface area contributed by atoms with Crippen LogP contribution in [0.15, 0.2) is 60.7 Å². The molecule has 0 radical (unpaired) electrons. The third-order valence-corrected chi connectivity index (χ3v) is 4.48. The van der Waals surface area contributed by atoms with Gasteiger partial charge in [0.15, 0.2) is 0 Å². The Kier molecular flexibility index (Phi) is 6.25. The van der Waals surface area contributed by atoms with Crippen LogP contribution in [0.1, 0.15) is 11.1 Å². The van der Waals surface area contributed by atoms with Crippen molar-refractivity contribution in [3.8, 4) is 5.75 Å². The maximum Gasteiger partial charge on any atom is 0.124 e. The van der Waals surface area contributed by atoms with Gasteiger partial charge in [-0.25, -0.2) is 4.39 Å². The average molecular weight is 411 g/mol. The van der Waals surface area contributed by atoms with E-state index in [4.69, 9.17) is 39.5 Å². The smallest absolute Gasteiger partial charge is 0.124 e. The van der Waals surface area contributed by atoms with E-state index in [-0.39, 0.29) is 12.4 Å². The molecule has 0 saturated heterocycles. The van der Waals surface area contributed by atoms with Crippen molar-refractivity contribution in [2.24, 2.45) is 0 Å². The minimum atomic E-state index is -0.364. The molecule has 3 rings (SSSR count). The third kappa shape index (κ3) is 5.28. The van der Waals surface area contributed by atoms with E-state index >= 15 is 0 Å². The molecule has 0 aliphatic heterocycles. The molecular weight excluding hydrogens is 396 g/mol. The molecule has 0 spiro atoms. The highest BCUT2D eigenvalue weighted by molar-refractivity contribution is 6.35. The summed E-state index contributed by atoms with van der Waals surface area (Å²) >= 11 is 18.0. The minimum absolute atomic E-state index is 0.276. The predicted molar refractivity (Wildman–Crippen MR) is 106 cm³/mol. The van der Waals surface area contributed by atoms with Crippen molar-refractivity contribution >= 4 is 40.5 Å². The summed E-state index contributed by atoms with van der Waals surface area (Å²) in [6.07, 6.45) is 0. The van der Waals surface area contributed by atoms with E-state index in [9.17, 15) is 4.39 Å². The molecule has 134 valence electrons. The van der Waals surface area contributed by atoms with Gasteiger partial charge in [0, 0.05) is 27.8 Å². The molecule has 2 nitrogen and oxygen atoms in total. The number of anilines is 1. The van der Waals surface area contributed by atoms with Gasteiger partial charge in [-0.15, -0.1) is 0 Å². The third-order valence-electron chi connectivity index (χ3n) is 3.69. The van der Waals surface area contributed by atoms with Gasteiger partial charge in [0.25, 0.3) is 0 Å². The zero-order valence-electron chi connectivity index (χ0n) is 13.6. The van der Waals surface area contributed by atoms with Crippen molar-refractivity contribution in [2.45, 2.75) is 13.2 Å². The van der Waals surface area contributed by atoms with Crippen LogP contribution in [0.4, 0.5) is 10.1 Å². The van der Waals surface area contributed by atoms with Gasteiger partial charge in [-0.1, -0.05) is 53.0 Å². The second kappa shape index (κ2) is 8.63. The lowest BCUT2D eigenvalue weighted by atomic mass is 10.2. The van der Waals surface area contributed by atoms with E-state index in [2.05, 4.69) is 5.32 Å². The van der Waals surface area contributed by atoms with Gasteiger partial charge in [-0.3, -0.25) is 0 Å². The zero-order chi connectivity index (χ0) is 18.5. The van der Waals surface area contributed by atoms with Crippen LogP contribution < -0.4 is 10.1 Å². The first-order valence-electron chi connectivity index (χ1n) is 7.85. The lowest BCUT2D eigenvalue weighted by Crippen LogP contribution is -2.00. The summed E-state index contributed by atoms with van der Waals surface area (Å²) in [4.78, 5) is 0. The molecule has 0 aromatic heterocycles. The molecule has 26 heavy (non-hydrogen) atoms. The van der Waals surface area contributed by atoms with Crippen LogP contribution in [0, 0.1) is 5.82 Å². The molecule has 0 unspecified atom stereocenters. The van der Waals surface area contributed by atoms with Crippen LogP contribution in [0.3, 0.4) is 0 Å². The van der Waals surface area contributed by atoms with Gasteiger partial charge < -0.3 is 10.1 Å². The van der Waals surface area contributed by atoms with Crippen molar-refractivity contribution in [1.29, 1.82) is 0 Å². The molecule has 3 aromatic rings. The topological polar surface area (TPSA) is 21.3 Å². The Labute approximate surface area is 166 Å². The Morgan fingerprint density at radius 2 is 1.54 bits per heavy atom. The van der Waals surface area contributed by atoms with Gasteiger partial charge in [-0.05, 0) is 48.0 Å². The summed E-state index contributed by atoms with van der Waals surface area (Å²) in [6, 6.07) is 17.2. The fourth-order valence-electron chi connectivity index (χ4n) is 2.36. The van der Waals surface area contributed by atoms with Crippen molar-refractivity contribution in [3.05, 3.63) is 92.7 Å². The van der Waals surface area contributed by atoms with Gasteiger partial charge >= 0.3 is 0 Å². The number of nitrogens with one attached hydrogen (secondary N) is 1. The Bertz CT molecular complexity index is 880. The van der Waals surface area contributed by atoms with E-state index in [1.165, 1.54) is 12.1 Å². The highest BCUT2D eigenvalue weighted by Gasteiger charge is 2.04. The van der Waals surface area contributed by atoms with Gasteiger partial charge in [0.05, 0.1) is 5.02 Å². The normalized spacial score (nSPS) is 10.6. The predicted octanol–water partition coefficient (Wildman–Crippen LogP) is 6.98. The Morgan fingerprint density at radius 3 is 2.19 bits per heavy atom. The summed E-state index contributed by atoms with van der Waals surface area (Å²) in [5.41, 5.74) is 2.67. The molecule has 0 heterocycles. The first-order chi connectivity index (χ1) is 12.5. The first-order valence-corrected chi connectivity index (χ1v) is 8.98. The van der Waals surface area contributed by atoms with Crippen LogP contribution in [0.5, 0.6) is 5.75 Å². The highest BCUT2D eigenvalue weighted by Crippen LogP contribution is 2.24. The van der Waals surface area contributed by atoms with Crippen LogP contribution in [0.25, 0.3) is 0 Å². The summed E-state index contributed by atoms with van der Waals surface area (Å²) in [7, 11) is 0. The quantitative estimate of drug-likeness (QED) is 0.473. The van der Waals surface area contributed by atoms with E-state index in [0.29, 0.717) is 27.4 Å². The fourth-order valence-corrected chi connectivity index (χ4v) is 3.11. The molecule has 1 N–H and O–H groups in total. The van der Waals surface area contributed by atoms with E-state index in [1.807, 2.05) is 36.4 Å². The van der Waals surface area contributed by atoms with Crippen LogP contribution in [-0.2, 0) is 13.2 Å². The largest absolute Gasteiger partial charge is 0.489 e. The number of halogens is 4. The molecule has 0 amide bonds. The highest BCUT2D eigenvalue weighted by atomic mass is 35.5. The molecule has 0 atom stereocenters.